The van der Waals surface area contributed by atoms with Crippen molar-refractivity contribution >= 4 is 12.0 Å². The van der Waals surface area contributed by atoms with Gasteiger partial charge in [-0.25, -0.2) is 4.98 Å². The number of aromatic amines is 1. The van der Waals surface area contributed by atoms with Crippen molar-refractivity contribution in [1.82, 2.24) is 15.3 Å². The Balaban J connectivity index is 1.91. The third-order valence-corrected chi connectivity index (χ3v) is 2.70. The number of amides is 1. The minimum atomic E-state index is -0.386. The lowest BCUT2D eigenvalue weighted by atomic mass is 10.2. The van der Waals surface area contributed by atoms with Gasteiger partial charge in [-0.3, -0.25) is 4.79 Å². The maximum absolute atomic E-state index is 11.8. The van der Waals surface area contributed by atoms with E-state index in [-0.39, 0.29) is 17.6 Å². The van der Waals surface area contributed by atoms with Gasteiger partial charge in [0.05, 0.1) is 24.3 Å². The van der Waals surface area contributed by atoms with Gasteiger partial charge in [0.2, 0.25) is 0 Å². The fourth-order valence-corrected chi connectivity index (χ4v) is 1.76. The average molecular weight is 246 g/mol. The zero-order valence-electron chi connectivity index (χ0n) is 9.85. The number of ether oxygens (including phenoxy) is 1. The third kappa shape index (κ3) is 3.18. The van der Waals surface area contributed by atoms with E-state index in [1.807, 2.05) is 6.07 Å². The highest BCUT2D eigenvalue weighted by Crippen LogP contribution is 2.11. The Hall–Kier alpha value is -2.13. The third-order valence-electron chi connectivity index (χ3n) is 2.70. The predicted octanol–water partition coefficient (Wildman–Crippen LogP) is 0.612. The molecule has 6 heteroatoms. The van der Waals surface area contributed by atoms with E-state index in [0.717, 1.165) is 19.4 Å². The maximum Gasteiger partial charge on any atom is 0.262 e. The van der Waals surface area contributed by atoms with Crippen LogP contribution in [0.3, 0.4) is 0 Å². The second-order valence-electron chi connectivity index (χ2n) is 4.02. The lowest BCUT2D eigenvalue weighted by molar-refractivity contribution is -0.117. The Morgan fingerprint density at radius 2 is 2.67 bits per heavy atom. The number of carbonyl (C=O) groups excluding carboxylic acids is 1. The van der Waals surface area contributed by atoms with Crippen LogP contribution in [0.15, 0.2) is 18.1 Å². The second kappa shape index (κ2) is 5.98. The summed E-state index contributed by atoms with van der Waals surface area (Å²) in [5, 5.41) is 11.6. The summed E-state index contributed by atoms with van der Waals surface area (Å²) in [7, 11) is 0. The van der Waals surface area contributed by atoms with Crippen molar-refractivity contribution in [1.29, 1.82) is 5.26 Å². The molecule has 1 aliphatic heterocycles. The number of carbonyl (C=O) groups is 1. The van der Waals surface area contributed by atoms with Crippen LogP contribution in [0.1, 0.15) is 18.5 Å². The number of imidazole rings is 1. The van der Waals surface area contributed by atoms with Crippen LogP contribution in [0, 0.1) is 11.3 Å². The second-order valence-corrected chi connectivity index (χ2v) is 4.02. The number of hydrogen-bond acceptors (Lipinski definition) is 4. The van der Waals surface area contributed by atoms with Crippen LogP contribution in [-0.2, 0) is 9.53 Å². The minimum absolute atomic E-state index is 0.0530. The summed E-state index contributed by atoms with van der Waals surface area (Å²) < 4.78 is 5.39. The van der Waals surface area contributed by atoms with Crippen LogP contribution in [0.4, 0.5) is 0 Å². The molecule has 1 amide bonds. The molecule has 1 aromatic heterocycles. The van der Waals surface area contributed by atoms with Crippen LogP contribution < -0.4 is 5.32 Å². The minimum Gasteiger partial charge on any atom is -0.376 e. The molecule has 1 atom stereocenters. The number of nitrogens with zero attached hydrogens (tertiary/aromatic N) is 2. The van der Waals surface area contributed by atoms with Gasteiger partial charge >= 0.3 is 0 Å². The van der Waals surface area contributed by atoms with E-state index in [4.69, 9.17) is 10.00 Å². The van der Waals surface area contributed by atoms with E-state index in [9.17, 15) is 4.79 Å². The van der Waals surface area contributed by atoms with E-state index in [1.54, 1.807) is 6.20 Å². The summed E-state index contributed by atoms with van der Waals surface area (Å²) >= 11 is 0. The summed E-state index contributed by atoms with van der Waals surface area (Å²) in [6, 6.07) is 1.88. The standard InChI is InChI=1S/C12H14N4O2/c13-5-9(4-10-6-14-8-16-10)12(17)15-7-11-2-1-3-18-11/h4,6,8,11H,1-3,7H2,(H,14,16)(H,15,17)/b9-4+. The van der Waals surface area contributed by atoms with Crippen LogP contribution in [-0.4, -0.2) is 35.1 Å². The molecular weight excluding hydrogens is 232 g/mol. The van der Waals surface area contributed by atoms with E-state index < -0.39 is 0 Å². The number of aromatic nitrogens is 2. The molecule has 1 saturated heterocycles. The molecule has 0 spiro atoms. The summed E-state index contributed by atoms with van der Waals surface area (Å²) in [5.41, 5.74) is 0.677. The number of nitrogens with one attached hydrogen (secondary N) is 2. The number of hydrogen-bond donors (Lipinski definition) is 2. The first-order chi connectivity index (χ1) is 8.79. The van der Waals surface area contributed by atoms with Gasteiger partial charge in [-0.15, -0.1) is 0 Å². The Bertz CT molecular complexity index is 467. The molecule has 1 aromatic rings. The molecule has 6 nitrogen and oxygen atoms in total. The van der Waals surface area contributed by atoms with Crippen LogP contribution in [0.25, 0.3) is 6.08 Å². The molecule has 0 aromatic carbocycles. The summed E-state index contributed by atoms with van der Waals surface area (Å²) in [6.07, 6.45) is 6.55. The summed E-state index contributed by atoms with van der Waals surface area (Å²) in [6.45, 7) is 1.19. The highest BCUT2D eigenvalue weighted by molar-refractivity contribution is 6.01. The highest BCUT2D eigenvalue weighted by Gasteiger charge is 2.17. The van der Waals surface area contributed by atoms with Gasteiger partial charge in [0.1, 0.15) is 11.6 Å². The van der Waals surface area contributed by atoms with Gasteiger partial charge in [0.15, 0.2) is 0 Å². The Labute approximate surface area is 105 Å². The van der Waals surface area contributed by atoms with E-state index in [1.165, 1.54) is 12.4 Å². The Kier molecular flexibility index (Phi) is 4.10. The zero-order valence-corrected chi connectivity index (χ0v) is 9.85. The van der Waals surface area contributed by atoms with Crippen molar-refractivity contribution in [3.63, 3.8) is 0 Å². The predicted molar refractivity (Wildman–Crippen MR) is 64.2 cm³/mol. The summed E-state index contributed by atoms with van der Waals surface area (Å²) in [5.74, 6) is -0.386. The first kappa shape index (κ1) is 12.3. The fourth-order valence-electron chi connectivity index (χ4n) is 1.76. The van der Waals surface area contributed by atoms with Gasteiger partial charge in [-0.2, -0.15) is 5.26 Å². The molecule has 0 saturated carbocycles. The zero-order chi connectivity index (χ0) is 12.8. The molecule has 1 unspecified atom stereocenters. The van der Waals surface area contributed by atoms with Crippen molar-refractivity contribution < 1.29 is 9.53 Å². The van der Waals surface area contributed by atoms with Crippen molar-refractivity contribution in [2.75, 3.05) is 13.2 Å². The molecule has 0 radical (unpaired) electrons. The lowest BCUT2D eigenvalue weighted by Gasteiger charge is -2.09. The number of nitriles is 1. The first-order valence-electron chi connectivity index (χ1n) is 5.79. The molecule has 94 valence electrons. The van der Waals surface area contributed by atoms with Crippen LogP contribution >= 0.6 is 0 Å². The fraction of sp³-hybridized carbons (Fsp3) is 0.417. The van der Waals surface area contributed by atoms with Gasteiger partial charge in [0.25, 0.3) is 5.91 Å². The van der Waals surface area contributed by atoms with E-state index >= 15 is 0 Å². The largest absolute Gasteiger partial charge is 0.376 e. The van der Waals surface area contributed by atoms with Gasteiger partial charge in [-0.1, -0.05) is 0 Å². The Morgan fingerprint density at radius 3 is 3.28 bits per heavy atom. The maximum atomic E-state index is 11.8. The smallest absolute Gasteiger partial charge is 0.262 e. The van der Waals surface area contributed by atoms with Gasteiger partial charge < -0.3 is 15.0 Å². The topological polar surface area (TPSA) is 90.8 Å². The van der Waals surface area contributed by atoms with Crippen molar-refractivity contribution in [2.24, 2.45) is 0 Å². The van der Waals surface area contributed by atoms with E-state index in [0.29, 0.717) is 12.2 Å². The molecular formula is C12H14N4O2. The van der Waals surface area contributed by atoms with Gasteiger partial charge in [0, 0.05) is 13.2 Å². The highest BCUT2D eigenvalue weighted by atomic mass is 16.5. The summed E-state index contributed by atoms with van der Waals surface area (Å²) in [4.78, 5) is 18.4. The average Bonchev–Trinajstić information content (AvgIpc) is 3.06. The molecule has 1 fully saturated rings. The lowest BCUT2D eigenvalue weighted by Crippen LogP contribution is -2.32. The van der Waals surface area contributed by atoms with Gasteiger partial charge in [-0.05, 0) is 18.9 Å². The molecule has 18 heavy (non-hydrogen) atoms. The molecule has 2 heterocycles. The van der Waals surface area contributed by atoms with E-state index in [2.05, 4.69) is 15.3 Å². The van der Waals surface area contributed by atoms with Crippen LogP contribution in [0.5, 0.6) is 0 Å². The SMILES string of the molecule is N#C/C(=C\c1cnc[nH]1)C(=O)NCC1CCCO1. The van der Waals surface area contributed by atoms with Crippen molar-refractivity contribution in [3.05, 3.63) is 23.8 Å². The molecule has 0 aliphatic carbocycles. The molecule has 1 aliphatic rings. The monoisotopic (exact) mass is 246 g/mol. The quantitative estimate of drug-likeness (QED) is 0.601. The van der Waals surface area contributed by atoms with Crippen LogP contribution in [0.2, 0.25) is 0 Å². The number of rotatable bonds is 4. The molecule has 2 N–H and O–H groups in total. The number of H-pyrrole nitrogens is 1. The van der Waals surface area contributed by atoms with Crippen molar-refractivity contribution in [3.8, 4) is 6.07 Å². The molecule has 2 rings (SSSR count). The van der Waals surface area contributed by atoms with Crippen molar-refractivity contribution in [2.45, 2.75) is 18.9 Å². The molecule has 0 bridgehead atoms. The normalized spacial score (nSPS) is 19.5. The Morgan fingerprint density at radius 1 is 1.78 bits per heavy atom. The first-order valence-corrected chi connectivity index (χ1v) is 5.79.